The first-order valence-corrected chi connectivity index (χ1v) is 15.9. The molecular weight excluding hydrogens is 528 g/mol. The van der Waals surface area contributed by atoms with Gasteiger partial charge in [-0.1, -0.05) is 123 Å². The molecule has 2 aliphatic carbocycles. The molecule has 1 heterocycles. The number of allylic oxidation sites excluding steroid dienone is 16. The van der Waals surface area contributed by atoms with Gasteiger partial charge in [-0.3, -0.25) is 0 Å². The second-order valence-electron chi connectivity index (χ2n) is 14.5. The molecule has 0 bridgehead atoms. The van der Waals surface area contributed by atoms with Crippen molar-refractivity contribution < 1.29 is 14.9 Å². The standard InChI is InChI=1S/C40H56O3/c1-28(17-13-18-30(3)21-22-35-32(5)23-33(41)25-38(35,6)7)15-11-12-16-29(2)19-14-20-31(4)36-24-37-39(8,9)26-34(42)27-40(37,10)43-36/h11-22,24,33-34,36,41-42H,23,25-27H2,1-10H3/b12-11+,17-13+,19-14+,22-21+,28-15+,29-16+,30-18+,31-20+/t33-,34+,36+,40+/m0/s1. The molecule has 0 aromatic heterocycles. The number of ether oxygens (including phenoxy) is 1. The van der Waals surface area contributed by atoms with Gasteiger partial charge in [0.15, 0.2) is 0 Å². The first-order chi connectivity index (χ1) is 20.0. The van der Waals surface area contributed by atoms with Gasteiger partial charge in [0.1, 0.15) is 0 Å². The highest BCUT2D eigenvalue weighted by molar-refractivity contribution is 5.39. The molecule has 0 aromatic carbocycles. The number of hydrogen-bond acceptors (Lipinski definition) is 3. The lowest BCUT2D eigenvalue weighted by Crippen LogP contribution is -2.45. The van der Waals surface area contributed by atoms with E-state index in [2.05, 4.69) is 148 Å². The third-order valence-electron chi connectivity index (χ3n) is 9.08. The first kappa shape index (κ1) is 34.8. The minimum absolute atomic E-state index is 0.00171. The first-order valence-electron chi connectivity index (χ1n) is 15.9. The second kappa shape index (κ2) is 14.4. The Morgan fingerprint density at radius 2 is 1.26 bits per heavy atom. The molecule has 0 spiro atoms. The van der Waals surface area contributed by atoms with Gasteiger partial charge in [0, 0.05) is 6.42 Å². The maximum atomic E-state index is 10.4. The van der Waals surface area contributed by atoms with Gasteiger partial charge in [-0.25, -0.2) is 0 Å². The van der Waals surface area contributed by atoms with E-state index >= 15 is 0 Å². The van der Waals surface area contributed by atoms with Crippen molar-refractivity contribution in [2.24, 2.45) is 10.8 Å². The van der Waals surface area contributed by atoms with E-state index in [1.54, 1.807) is 0 Å². The van der Waals surface area contributed by atoms with Gasteiger partial charge in [0.2, 0.25) is 0 Å². The highest BCUT2D eigenvalue weighted by atomic mass is 16.5. The summed E-state index contributed by atoms with van der Waals surface area (Å²) in [4.78, 5) is 0. The molecule has 1 fully saturated rings. The van der Waals surface area contributed by atoms with Crippen LogP contribution in [-0.2, 0) is 4.74 Å². The van der Waals surface area contributed by atoms with Gasteiger partial charge in [-0.15, -0.1) is 0 Å². The number of hydrogen-bond donors (Lipinski definition) is 2. The van der Waals surface area contributed by atoms with Crippen molar-refractivity contribution in [2.75, 3.05) is 0 Å². The predicted molar refractivity (Wildman–Crippen MR) is 184 cm³/mol. The fourth-order valence-electron chi connectivity index (χ4n) is 7.02. The summed E-state index contributed by atoms with van der Waals surface area (Å²) in [5.41, 5.74) is 8.25. The van der Waals surface area contributed by atoms with Crippen molar-refractivity contribution in [3.63, 3.8) is 0 Å². The minimum atomic E-state index is -0.381. The maximum Gasteiger partial charge on any atom is 0.0982 e. The average molecular weight is 585 g/mol. The van der Waals surface area contributed by atoms with Crippen LogP contribution in [0.15, 0.2) is 118 Å². The Kier molecular flexibility index (Phi) is 11.6. The van der Waals surface area contributed by atoms with Crippen molar-refractivity contribution in [1.82, 2.24) is 0 Å². The molecule has 0 amide bonds. The second-order valence-corrected chi connectivity index (χ2v) is 14.5. The van der Waals surface area contributed by atoms with Gasteiger partial charge in [0.05, 0.1) is 23.9 Å². The van der Waals surface area contributed by atoms with Gasteiger partial charge in [-0.05, 0) is 94.4 Å². The van der Waals surface area contributed by atoms with Crippen LogP contribution in [0.2, 0.25) is 0 Å². The van der Waals surface area contributed by atoms with Crippen molar-refractivity contribution in [1.29, 1.82) is 0 Å². The molecule has 3 nitrogen and oxygen atoms in total. The highest BCUT2D eigenvalue weighted by Crippen LogP contribution is 2.52. The maximum absolute atomic E-state index is 10.4. The molecule has 4 atom stereocenters. The van der Waals surface area contributed by atoms with Crippen molar-refractivity contribution in [3.05, 3.63) is 118 Å². The van der Waals surface area contributed by atoms with Crippen molar-refractivity contribution in [3.8, 4) is 0 Å². The van der Waals surface area contributed by atoms with Crippen LogP contribution in [-0.4, -0.2) is 34.1 Å². The molecule has 43 heavy (non-hydrogen) atoms. The normalized spacial score (nSPS) is 30.8. The highest BCUT2D eigenvalue weighted by Gasteiger charge is 2.50. The molecule has 0 aromatic rings. The number of fused-ring (bicyclic) bond motifs is 1. The molecule has 2 N–H and O–H groups in total. The third-order valence-corrected chi connectivity index (χ3v) is 9.08. The summed E-state index contributed by atoms with van der Waals surface area (Å²) in [7, 11) is 0. The molecule has 0 radical (unpaired) electrons. The molecule has 1 saturated carbocycles. The van der Waals surface area contributed by atoms with Crippen LogP contribution >= 0.6 is 0 Å². The van der Waals surface area contributed by atoms with Crippen LogP contribution in [0.5, 0.6) is 0 Å². The van der Waals surface area contributed by atoms with Crippen molar-refractivity contribution >= 4 is 0 Å². The van der Waals surface area contributed by atoms with Gasteiger partial charge < -0.3 is 14.9 Å². The van der Waals surface area contributed by atoms with Crippen LogP contribution in [0.3, 0.4) is 0 Å². The zero-order valence-corrected chi connectivity index (χ0v) is 28.4. The molecular formula is C40H56O3. The van der Waals surface area contributed by atoms with Gasteiger partial charge in [-0.2, -0.15) is 0 Å². The van der Waals surface area contributed by atoms with Gasteiger partial charge in [0.25, 0.3) is 0 Å². The Balaban J connectivity index is 1.52. The molecule has 0 saturated heterocycles. The zero-order valence-electron chi connectivity index (χ0n) is 28.4. The van der Waals surface area contributed by atoms with E-state index in [0.717, 1.165) is 19.3 Å². The summed E-state index contributed by atoms with van der Waals surface area (Å²) in [6, 6.07) is 0. The monoisotopic (exact) mass is 584 g/mol. The fourth-order valence-corrected chi connectivity index (χ4v) is 7.02. The van der Waals surface area contributed by atoms with E-state index in [-0.39, 0.29) is 34.7 Å². The Hall–Kier alpha value is -2.72. The zero-order chi connectivity index (χ0) is 32.0. The number of aliphatic hydroxyl groups is 2. The van der Waals surface area contributed by atoms with E-state index < -0.39 is 0 Å². The lowest BCUT2D eigenvalue weighted by atomic mass is 9.65. The summed E-state index contributed by atoms with van der Waals surface area (Å²) in [5.74, 6) is 0. The molecule has 3 rings (SSSR count). The van der Waals surface area contributed by atoms with Crippen LogP contribution in [0, 0.1) is 10.8 Å². The van der Waals surface area contributed by atoms with E-state index in [1.807, 2.05) is 0 Å². The van der Waals surface area contributed by atoms with E-state index in [0.29, 0.717) is 6.42 Å². The van der Waals surface area contributed by atoms with Crippen LogP contribution in [0.25, 0.3) is 0 Å². The summed E-state index contributed by atoms with van der Waals surface area (Å²) < 4.78 is 6.46. The summed E-state index contributed by atoms with van der Waals surface area (Å²) >= 11 is 0. The summed E-state index contributed by atoms with van der Waals surface area (Å²) in [5, 5.41) is 20.5. The third kappa shape index (κ3) is 9.63. The quantitative estimate of drug-likeness (QED) is 0.209. The molecule has 1 aliphatic heterocycles. The van der Waals surface area contributed by atoms with Crippen LogP contribution in [0.4, 0.5) is 0 Å². The average Bonchev–Trinajstić information content (AvgIpc) is 3.23. The summed E-state index contributed by atoms with van der Waals surface area (Å²) in [6.45, 7) is 21.6. The topological polar surface area (TPSA) is 49.7 Å². The van der Waals surface area contributed by atoms with Gasteiger partial charge >= 0.3 is 0 Å². The lowest BCUT2D eigenvalue weighted by molar-refractivity contribution is -0.0683. The Bertz CT molecular complexity index is 1330. The van der Waals surface area contributed by atoms with Crippen LogP contribution in [0.1, 0.15) is 94.9 Å². The molecule has 234 valence electrons. The molecule has 3 heteroatoms. The van der Waals surface area contributed by atoms with E-state index in [1.165, 1.54) is 39.0 Å². The Labute approximate surface area is 262 Å². The van der Waals surface area contributed by atoms with Crippen LogP contribution < -0.4 is 0 Å². The number of rotatable bonds is 9. The summed E-state index contributed by atoms with van der Waals surface area (Å²) in [6.07, 6.45) is 30.2. The lowest BCUT2D eigenvalue weighted by Gasteiger charge is -2.44. The molecule has 0 unspecified atom stereocenters. The van der Waals surface area contributed by atoms with Crippen molar-refractivity contribution in [2.45, 2.75) is 119 Å². The Morgan fingerprint density at radius 3 is 1.86 bits per heavy atom. The smallest absolute Gasteiger partial charge is 0.0982 e. The molecule has 3 aliphatic rings. The largest absolute Gasteiger partial charge is 0.393 e. The minimum Gasteiger partial charge on any atom is -0.393 e. The SMILES string of the molecule is CC1=C(/C=C/C(C)=C/C=C/C(C)=C/C=C/C=C(C)/C=C/C=C(\C)[C@H]2C=C3C(C)(C)C[C@@H](O)C[C@@]3(C)O2)C(C)(C)C[C@@H](O)C1. The Morgan fingerprint density at radius 1 is 0.721 bits per heavy atom. The van der Waals surface area contributed by atoms with E-state index in [4.69, 9.17) is 4.74 Å². The fraction of sp³-hybridized carbons (Fsp3) is 0.500. The van der Waals surface area contributed by atoms with E-state index in [9.17, 15) is 10.2 Å². The predicted octanol–water partition coefficient (Wildman–Crippen LogP) is 9.76. The number of aliphatic hydroxyl groups excluding tert-OH is 2.